The van der Waals surface area contributed by atoms with Crippen molar-refractivity contribution in [3.63, 3.8) is 0 Å². The van der Waals surface area contributed by atoms with Crippen LogP contribution in [-0.4, -0.2) is 24.0 Å². The van der Waals surface area contributed by atoms with Crippen molar-refractivity contribution in [3.05, 3.63) is 46.3 Å². The van der Waals surface area contributed by atoms with E-state index < -0.39 is 0 Å². The molecular weight excluding hydrogens is 200 g/mol. The van der Waals surface area contributed by atoms with Crippen LogP contribution < -0.4 is 0 Å². The largest absolute Gasteiger partial charge is 0.296 e. The topological polar surface area (TPSA) is 52.0 Å². The molecular formula is C12H16N4. The number of benzene rings is 1. The molecule has 0 bridgehead atoms. The molecule has 1 atom stereocenters. The zero-order valence-corrected chi connectivity index (χ0v) is 9.29. The van der Waals surface area contributed by atoms with E-state index in [2.05, 4.69) is 39.2 Å². The van der Waals surface area contributed by atoms with Crippen molar-refractivity contribution < 1.29 is 0 Å². The normalized spacial score (nSPS) is 20.6. The van der Waals surface area contributed by atoms with Crippen LogP contribution in [-0.2, 0) is 6.54 Å². The number of likely N-dealkylation sites (tertiary alicyclic amines) is 1. The Kier molecular flexibility index (Phi) is 3.81. The fourth-order valence-corrected chi connectivity index (χ4v) is 2.26. The maximum atomic E-state index is 8.34. The molecule has 84 valence electrons. The Bertz CT molecular complexity index is 370. The van der Waals surface area contributed by atoms with E-state index >= 15 is 0 Å². The zero-order chi connectivity index (χ0) is 11.2. The molecule has 4 heteroatoms. The molecule has 0 radical (unpaired) electrons. The van der Waals surface area contributed by atoms with Gasteiger partial charge in [0.1, 0.15) is 0 Å². The Morgan fingerprint density at radius 3 is 2.94 bits per heavy atom. The summed E-state index contributed by atoms with van der Waals surface area (Å²) in [5.41, 5.74) is 9.67. The first kappa shape index (κ1) is 11.0. The van der Waals surface area contributed by atoms with Gasteiger partial charge >= 0.3 is 0 Å². The fourth-order valence-electron chi connectivity index (χ4n) is 2.26. The summed E-state index contributed by atoms with van der Waals surface area (Å²) in [5.74, 6) is 0. The molecule has 1 fully saturated rings. The minimum atomic E-state index is 0.427. The van der Waals surface area contributed by atoms with E-state index in [1.807, 2.05) is 6.07 Å². The van der Waals surface area contributed by atoms with Gasteiger partial charge in [-0.3, -0.25) is 4.90 Å². The molecule has 1 saturated heterocycles. The molecule has 0 amide bonds. The lowest BCUT2D eigenvalue weighted by molar-refractivity contribution is 0.250. The van der Waals surface area contributed by atoms with Gasteiger partial charge in [0.2, 0.25) is 0 Å². The van der Waals surface area contributed by atoms with Gasteiger partial charge in [-0.1, -0.05) is 35.4 Å². The summed E-state index contributed by atoms with van der Waals surface area (Å²) in [6, 6.07) is 10.9. The molecule has 16 heavy (non-hydrogen) atoms. The lowest BCUT2D eigenvalue weighted by atomic mass is 10.2. The van der Waals surface area contributed by atoms with E-state index in [-0.39, 0.29) is 0 Å². The van der Waals surface area contributed by atoms with E-state index in [1.54, 1.807) is 0 Å². The summed E-state index contributed by atoms with van der Waals surface area (Å²) in [6.07, 6.45) is 2.35. The SMILES string of the molecule is [N-]=[N+]=NCC1CCCN1Cc1ccccc1. The van der Waals surface area contributed by atoms with Crippen LogP contribution in [0.25, 0.3) is 10.4 Å². The molecule has 0 N–H and O–H groups in total. The van der Waals surface area contributed by atoms with Gasteiger partial charge in [-0.05, 0) is 30.5 Å². The van der Waals surface area contributed by atoms with Gasteiger partial charge in [-0.25, -0.2) is 0 Å². The summed E-state index contributed by atoms with van der Waals surface area (Å²) in [5, 5.41) is 3.68. The highest BCUT2D eigenvalue weighted by atomic mass is 15.2. The number of rotatable bonds is 4. The molecule has 1 aromatic carbocycles. The average Bonchev–Trinajstić information content (AvgIpc) is 2.75. The third-order valence-corrected chi connectivity index (χ3v) is 3.08. The monoisotopic (exact) mass is 216 g/mol. The second-order valence-corrected chi connectivity index (χ2v) is 4.17. The van der Waals surface area contributed by atoms with Gasteiger partial charge in [0, 0.05) is 24.0 Å². The third kappa shape index (κ3) is 2.75. The Morgan fingerprint density at radius 2 is 2.19 bits per heavy atom. The van der Waals surface area contributed by atoms with E-state index in [1.165, 1.54) is 12.0 Å². The molecule has 1 aliphatic rings. The summed E-state index contributed by atoms with van der Waals surface area (Å²) < 4.78 is 0. The van der Waals surface area contributed by atoms with Crippen LogP contribution in [0.1, 0.15) is 18.4 Å². The van der Waals surface area contributed by atoms with E-state index in [0.29, 0.717) is 12.6 Å². The maximum Gasteiger partial charge on any atom is 0.0414 e. The summed E-state index contributed by atoms with van der Waals surface area (Å²) >= 11 is 0. The Balaban J connectivity index is 1.95. The van der Waals surface area contributed by atoms with E-state index in [4.69, 9.17) is 5.53 Å². The molecule has 0 saturated carbocycles. The Labute approximate surface area is 95.5 Å². The Morgan fingerprint density at radius 1 is 1.38 bits per heavy atom. The van der Waals surface area contributed by atoms with Gasteiger partial charge in [0.05, 0.1) is 0 Å². The number of hydrogen-bond acceptors (Lipinski definition) is 2. The van der Waals surface area contributed by atoms with Crippen molar-refractivity contribution in [1.29, 1.82) is 0 Å². The first-order valence-corrected chi connectivity index (χ1v) is 5.69. The molecule has 0 spiro atoms. The van der Waals surface area contributed by atoms with Gasteiger partial charge in [-0.2, -0.15) is 0 Å². The number of nitrogens with zero attached hydrogens (tertiary/aromatic N) is 4. The summed E-state index contributed by atoms with van der Waals surface area (Å²) in [4.78, 5) is 5.25. The quantitative estimate of drug-likeness (QED) is 0.433. The predicted molar refractivity (Wildman–Crippen MR) is 63.9 cm³/mol. The molecule has 0 aliphatic carbocycles. The molecule has 1 unspecified atom stereocenters. The Hall–Kier alpha value is -1.51. The van der Waals surface area contributed by atoms with Crippen molar-refractivity contribution in [2.75, 3.05) is 13.1 Å². The minimum absolute atomic E-state index is 0.427. The van der Waals surface area contributed by atoms with Crippen molar-refractivity contribution in [3.8, 4) is 0 Å². The van der Waals surface area contributed by atoms with E-state index in [0.717, 1.165) is 19.5 Å². The highest BCUT2D eigenvalue weighted by Gasteiger charge is 2.23. The van der Waals surface area contributed by atoms with E-state index in [9.17, 15) is 0 Å². The predicted octanol–water partition coefficient (Wildman–Crippen LogP) is 2.96. The van der Waals surface area contributed by atoms with Gasteiger partial charge in [0.25, 0.3) is 0 Å². The first-order valence-electron chi connectivity index (χ1n) is 5.69. The fraction of sp³-hybridized carbons (Fsp3) is 0.500. The van der Waals surface area contributed by atoms with Crippen LogP contribution in [0.15, 0.2) is 35.4 Å². The zero-order valence-electron chi connectivity index (χ0n) is 9.29. The standard InChI is InChI=1S/C12H16N4/c13-15-14-9-12-7-4-8-16(12)10-11-5-2-1-3-6-11/h1-3,5-6,12H,4,7-10H2. The van der Waals surface area contributed by atoms with Crippen LogP contribution >= 0.6 is 0 Å². The lowest BCUT2D eigenvalue weighted by Gasteiger charge is -2.22. The summed E-state index contributed by atoms with van der Waals surface area (Å²) in [6.45, 7) is 2.68. The van der Waals surface area contributed by atoms with Crippen molar-refractivity contribution >= 4 is 0 Å². The number of azide groups is 1. The number of hydrogen-bond donors (Lipinski definition) is 0. The van der Waals surface area contributed by atoms with Crippen LogP contribution in [0.5, 0.6) is 0 Å². The van der Waals surface area contributed by atoms with Gasteiger partial charge in [-0.15, -0.1) is 0 Å². The second kappa shape index (κ2) is 5.54. The summed E-state index contributed by atoms with van der Waals surface area (Å²) in [7, 11) is 0. The van der Waals surface area contributed by atoms with Crippen LogP contribution in [0.3, 0.4) is 0 Å². The minimum Gasteiger partial charge on any atom is -0.296 e. The van der Waals surface area contributed by atoms with Gasteiger partial charge < -0.3 is 0 Å². The second-order valence-electron chi connectivity index (χ2n) is 4.17. The van der Waals surface area contributed by atoms with Crippen molar-refractivity contribution in [1.82, 2.24) is 4.90 Å². The third-order valence-electron chi connectivity index (χ3n) is 3.08. The van der Waals surface area contributed by atoms with Crippen molar-refractivity contribution in [2.24, 2.45) is 5.11 Å². The highest BCUT2D eigenvalue weighted by Crippen LogP contribution is 2.20. The lowest BCUT2D eigenvalue weighted by Crippen LogP contribution is -2.30. The molecule has 4 nitrogen and oxygen atoms in total. The van der Waals surface area contributed by atoms with Crippen molar-refractivity contribution in [2.45, 2.75) is 25.4 Å². The molecule has 1 aromatic rings. The molecule has 1 aliphatic heterocycles. The van der Waals surface area contributed by atoms with Crippen LogP contribution in [0.2, 0.25) is 0 Å². The maximum absolute atomic E-state index is 8.34. The smallest absolute Gasteiger partial charge is 0.0414 e. The van der Waals surface area contributed by atoms with Crippen LogP contribution in [0.4, 0.5) is 0 Å². The first-order chi connectivity index (χ1) is 7.90. The molecule has 0 aromatic heterocycles. The average molecular weight is 216 g/mol. The molecule has 1 heterocycles. The van der Waals surface area contributed by atoms with Gasteiger partial charge in [0.15, 0.2) is 0 Å². The molecule has 2 rings (SSSR count). The van der Waals surface area contributed by atoms with Crippen LogP contribution in [0, 0.1) is 0 Å². The highest BCUT2D eigenvalue weighted by molar-refractivity contribution is 5.14.